The molecule has 13 heteroatoms. The molecule has 2 N–H and O–H groups in total. The lowest BCUT2D eigenvalue weighted by Crippen LogP contribution is -2.28. The van der Waals surface area contributed by atoms with Crippen LogP contribution in [0.3, 0.4) is 0 Å². The van der Waals surface area contributed by atoms with Crippen molar-refractivity contribution in [3.05, 3.63) is 64.7 Å². The Morgan fingerprint density at radius 3 is 2.31 bits per heavy atom. The molecule has 1 heterocycles. The second-order valence-electron chi connectivity index (χ2n) is 6.73. The van der Waals surface area contributed by atoms with Gasteiger partial charge in [-0.1, -0.05) is 54.1 Å². The summed E-state index contributed by atoms with van der Waals surface area (Å²) in [6.07, 6.45) is 1.51. The van der Waals surface area contributed by atoms with Crippen molar-refractivity contribution in [1.82, 2.24) is 14.9 Å². The molecule has 1 amide bonds. The summed E-state index contributed by atoms with van der Waals surface area (Å²) in [5, 5.41) is 10.1. The van der Waals surface area contributed by atoms with Gasteiger partial charge in [0.15, 0.2) is 9.84 Å². The van der Waals surface area contributed by atoms with Gasteiger partial charge >= 0.3 is 0 Å². The number of nitrogens with one attached hydrogen (secondary N) is 2. The van der Waals surface area contributed by atoms with E-state index >= 15 is 0 Å². The number of hydrogen-bond donors (Lipinski definition) is 2. The van der Waals surface area contributed by atoms with Crippen LogP contribution in [0.2, 0.25) is 5.02 Å². The van der Waals surface area contributed by atoms with Gasteiger partial charge in [-0.05, 0) is 36.2 Å². The van der Waals surface area contributed by atoms with Crippen molar-refractivity contribution in [1.29, 1.82) is 0 Å². The van der Waals surface area contributed by atoms with Crippen LogP contribution in [0.25, 0.3) is 0 Å². The maximum Gasteiger partial charge on any atom is 0.270 e. The summed E-state index contributed by atoms with van der Waals surface area (Å²) in [4.78, 5) is 12.5. The normalized spacial score (nSPS) is 13.0. The third-order valence-electron chi connectivity index (χ3n) is 4.39. The fraction of sp³-hybridized carbons (Fsp3) is 0.211. The molecule has 9 nitrogen and oxygen atoms in total. The number of halogens is 1. The molecule has 0 saturated carbocycles. The van der Waals surface area contributed by atoms with Crippen LogP contribution in [0, 0.1) is 0 Å². The highest BCUT2D eigenvalue weighted by Crippen LogP contribution is 2.25. The minimum atomic E-state index is -4.05. The maximum absolute atomic E-state index is 12.8. The Kier molecular flexibility index (Phi) is 7.30. The molecular formula is C19H19ClN4O5S3. The first-order valence-electron chi connectivity index (χ1n) is 9.23. The van der Waals surface area contributed by atoms with Gasteiger partial charge in [-0.3, -0.25) is 10.1 Å². The molecule has 0 unspecified atom stereocenters. The van der Waals surface area contributed by atoms with E-state index in [0.29, 0.717) is 23.3 Å². The number of anilines is 1. The van der Waals surface area contributed by atoms with Crippen molar-refractivity contribution in [2.75, 3.05) is 11.6 Å². The van der Waals surface area contributed by atoms with E-state index in [-0.39, 0.29) is 25.0 Å². The predicted octanol–water partition coefficient (Wildman–Crippen LogP) is 3.28. The van der Waals surface area contributed by atoms with E-state index in [1.807, 2.05) is 0 Å². The minimum absolute atomic E-state index is 0.000786. The fourth-order valence-corrected chi connectivity index (χ4v) is 5.82. The average Bonchev–Trinajstić information content (AvgIpc) is 3.21. The van der Waals surface area contributed by atoms with Crippen molar-refractivity contribution >= 4 is 53.8 Å². The standard InChI is InChI=1S/C19H19ClN4O5S3/c1-3-16(12-8-10-13(11-9-12)31(2,26)27)24-32(28,29)19-23-22-18(30-19)21-17(25)14-6-4-5-7-15(14)20/h4-11,16,24H,3H2,1-2H3,(H,21,22,25)/t16-/m1/s1. The quantitative estimate of drug-likeness (QED) is 0.440. The van der Waals surface area contributed by atoms with Crippen LogP contribution < -0.4 is 10.0 Å². The molecule has 0 radical (unpaired) electrons. The van der Waals surface area contributed by atoms with Gasteiger partial charge in [-0.2, -0.15) is 0 Å². The van der Waals surface area contributed by atoms with E-state index in [9.17, 15) is 21.6 Å². The Balaban J connectivity index is 1.76. The van der Waals surface area contributed by atoms with Crippen LogP contribution in [0.15, 0.2) is 57.8 Å². The Bertz CT molecular complexity index is 1340. The van der Waals surface area contributed by atoms with Crippen LogP contribution in [0.1, 0.15) is 35.3 Å². The zero-order valence-corrected chi connectivity index (χ0v) is 20.1. The largest absolute Gasteiger partial charge is 0.296 e. The third-order valence-corrected chi connectivity index (χ3v) is 8.53. The Morgan fingerprint density at radius 2 is 1.72 bits per heavy atom. The topological polar surface area (TPSA) is 135 Å². The van der Waals surface area contributed by atoms with E-state index in [4.69, 9.17) is 11.6 Å². The Hall–Kier alpha value is -2.38. The second-order valence-corrected chi connectivity index (χ2v) is 12.0. The molecule has 0 saturated heterocycles. The molecule has 0 aliphatic heterocycles. The summed E-state index contributed by atoms with van der Waals surface area (Å²) < 4.78 is 51.0. The molecule has 0 aliphatic rings. The SMILES string of the molecule is CC[C@@H](NS(=O)(=O)c1nnc(NC(=O)c2ccccc2Cl)s1)c1ccc(S(C)(=O)=O)cc1. The van der Waals surface area contributed by atoms with Gasteiger partial charge in [0.2, 0.25) is 9.47 Å². The molecule has 0 bridgehead atoms. The minimum Gasteiger partial charge on any atom is -0.296 e. The van der Waals surface area contributed by atoms with Gasteiger partial charge in [0.05, 0.1) is 15.5 Å². The smallest absolute Gasteiger partial charge is 0.270 e. The first kappa shape index (κ1) is 24.3. The van der Waals surface area contributed by atoms with E-state index in [1.54, 1.807) is 37.3 Å². The van der Waals surface area contributed by atoms with Crippen molar-refractivity contribution in [3.8, 4) is 0 Å². The van der Waals surface area contributed by atoms with Crippen LogP contribution >= 0.6 is 22.9 Å². The van der Waals surface area contributed by atoms with Crippen molar-refractivity contribution in [2.24, 2.45) is 0 Å². The lowest BCUT2D eigenvalue weighted by atomic mass is 10.1. The summed E-state index contributed by atoms with van der Waals surface area (Å²) in [5.41, 5.74) is 0.815. The molecule has 0 aliphatic carbocycles. The first-order valence-corrected chi connectivity index (χ1v) is 13.8. The Morgan fingerprint density at radius 1 is 1.06 bits per heavy atom. The lowest BCUT2D eigenvalue weighted by Gasteiger charge is -2.16. The van der Waals surface area contributed by atoms with E-state index < -0.39 is 31.8 Å². The first-order chi connectivity index (χ1) is 15.0. The van der Waals surface area contributed by atoms with Gasteiger partial charge in [0.25, 0.3) is 15.9 Å². The summed E-state index contributed by atoms with van der Waals surface area (Å²) in [7, 11) is -7.40. The average molecular weight is 515 g/mol. The molecule has 1 atom stereocenters. The number of benzene rings is 2. The maximum atomic E-state index is 12.8. The lowest BCUT2D eigenvalue weighted by molar-refractivity contribution is 0.102. The van der Waals surface area contributed by atoms with Crippen LogP contribution in [-0.2, 0) is 19.9 Å². The number of amides is 1. The van der Waals surface area contributed by atoms with Gasteiger partial charge in [0, 0.05) is 12.3 Å². The Labute approximate surface area is 194 Å². The zero-order valence-electron chi connectivity index (χ0n) is 16.9. The van der Waals surface area contributed by atoms with Crippen LogP contribution in [0.5, 0.6) is 0 Å². The van der Waals surface area contributed by atoms with E-state index in [2.05, 4.69) is 20.2 Å². The van der Waals surface area contributed by atoms with Crippen molar-refractivity contribution in [2.45, 2.75) is 28.6 Å². The number of carbonyl (C=O) groups is 1. The molecule has 170 valence electrons. The number of rotatable bonds is 8. The summed E-state index contributed by atoms with van der Waals surface area (Å²) in [6, 6.07) is 11.8. The molecule has 1 aromatic heterocycles. The van der Waals surface area contributed by atoms with Gasteiger partial charge < -0.3 is 0 Å². The van der Waals surface area contributed by atoms with Gasteiger partial charge in [-0.15, -0.1) is 10.2 Å². The number of sulfonamides is 1. The number of nitrogens with zero attached hydrogens (tertiary/aromatic N) is 2. The van der Waals surface area contributed by atoms with Gasteiger partial charge in [0.1, 0.15) is 0 Å². The monoisotopic (exact) mass is 514 g/mol. The number of sulfone groups is 1. The van der Waals surface area contributed by atoms with Crippen molar-refractivity contribution in [3.63, 3.8) is 0 Å². The summed E-state index contributed by atoms with van der Waals surface area (Å²) >= 11 is 6.69. The van der Waals surface area contributed by atoms with Gasteiger partial charge in [-0.25, -0.2) is 21.6 Å². The summed E-state index contributed by atoms with van der Waals surface area (Å²) in [6.45, 7) is 1.78. The van der Waals surface area contributed by atoms with Crippen LogP contribution in [-0.4, -0.2) is 39.2 Å². The molecule has 3 rings (SSSR count). The number of aromatic nitrogens is 2. The molecule has 0 spiro atoms. The molecule has 0 fully saturated rings. The zero-order chi connectivity index (χ0) is 23.5. The fourth-order valence-electron chi connectivity index (χ4n) is 2.75. The molecule has 2 aromatic carbocycles. The van der Waals surface area contributed by atoms with Crippen LogP contribution in [0.4, 0.5) is 5.13 Å². The molecule has 3 aromatic rings. The number of hydrogen-bond acceptors (Lipinski definition) is 8. The molecule has 32 heavy (non-hydrogen) atoms. The number of carbonyl (C=O) groups excluding carboxylic acids is 1. The molecular weight excluding hydrogens is 496 g/mol. The van der Waals surface area contributed by atoms with E-state index in [0.717, 1.165) is 6.26 Å². The predicted molar refractivity (Wildman–Crippen MR) is 122 cm³/mol. The summed E-state index contributed by atoms with van der Waals surface area (Å²) in [5.74, 6) is -0.541. The highest BCUT2D eigenvalue weighted by Gasteiger charge is 2.25. The highest BCUT2D eigenvalue weighted by atomic mass is 35.5. The van der Waals surface area contributed by atoms with Crippen molar-refractivity contribution < 1.29 is 21.6 Å². The van der Waals surface area contributed by atoms with E-state index in [1.165, 1.54) is 18.2 Å². The second kappa shape index (κ2) is 9.63. The highest BCUT2D eigenvalue weighted by molar-refractivity contribution is 7.91. The third kappa shape index (κ3) is 5.70.